The number of para-hydroxylation sites is 1. The molecule has 0 aliphatic heterocycles. The van der Waals surface area contributed by atoms with E-state index < -0.39 is 11.9 Å². The van der Waals surface area contributed by atoms with E-state index in [1.54, 1.807) is 42.6 Å². The lowest BCUT2D eigenvalue weighted by molar-refractivity contribution is -0.141. The molecule has 0 saturated heterocycles. The number of carboxylic acid groups (broad SMARTS) is 1. The molecule has 0 aliphatic rings. The molecule has 0 spiro atoms. The summed E-state index contributed by atoms with van der Waals surface area (Å²) in [5.74, 6) is -1.54. The number of methoxy groups -OCH3 is 1. The van der Waals surface area contributed by atoms with Crippen LogP contribution in [0.2, 0.25) is 0 Å². The number of hydrogen-bond donors (Lipinski definition) is 2. The van der Waals surface area contributed by atoms with Crippen molar-refractivity contribution >= 4 is 17.5 Å². The molecule has 152 valence electrons. The number of amides is 1. The molecule has 0 saturated carbocycles. The van der Waals surface area contributed by atoms with E-state index in [1.807, 2.05) is 6.07 Å². The Morgan fingerprint density at radius 3 is 2.69 bits per heavy atom. The minimum Gasteiger partial charge on any atom is -0.496 e. The maximum absolute atomic E-state index is 12.2. The van der Waals surface area contributed by atoms with Crippen LogP contribution in [0.25, 0.3) is 5.65 Å². The highest BCUT2D eigenvalue weighted by atomic mass is 16.5. The number of carbonyl (C=O) groups is 2. The van der Waals surface area contributed by atoms with Crippen LogP contribution in [0.3, 0.4) is 0 Å². The number of aryl methyl sites for hydroxylation is 1. The molecule has 3 rings (SSSR count). The molecule has 0 fully saturated rings. The van der Waals surface area contributed by atoms with E-state index in [1.165, 1.54) is 16.2 Å². The lowest BCUT2D eigenvalue weighted by atomic mass is 9.98. The Balaban J connectivity index is 1.57. The number of benzene rings is 1. The first-order valence-corrected chi connectivity index (χ1v) is 9.15. The van der Waals surface area contributed by atoms with Crippen molar-refractivity contribution in [3.8, 4) is 5.75 Å². The van der Waals surface area contributed by atoms with Gasteiger partial charge in [0.2, 0.25) is 5.91 Å². The molecule has 2 heterocycles. The van der Waals surface area contributed by atoms with E-state index in [0.29, 0.717) is 11.4 Å². The number of ether oxygens (including phenoxy) is 1. The van der Waals surface area contributed by atoms with Gasteiger partial charge in [-0.1, -0.05) is 24.3 Å². The molecule has 9 nitrogen and oxygen atoms in total. The fraction of sp³-hybridized carbons (Fsp3) is 0.300. The summed E-state index contributed by atoms with van der Waals surface area (Å²) in [6.45, 7) is 0.0862. The number of rotatable bonds is 9. The van der Waals surface area contributed by atoms with Crippen LogP contribution in [0.15, 0.2) is 53.5 Å². The Morgan fingerprint density at radius 1 is 1.21 bits per heavy atom. The van der Waals surface area contributed by atoms with Gasteiger partial charge in [-0.05, 0) is 30.2 Å². The number of carbonyl (C=O) groups excluding carboxylic acids is 1. The summed E-state index contributed by atoms with van der Waals surface area (Å²) in [6.07, 6.45) is 1.85. The second-order valence-electron chi connectivity index (χ2n) is 6.54. The SMILES string of the molecule is COc1ccccc1CC(CNC(=O)CCn1nc2ccccn2c1=O)C(=O)O. The van der Waals surface area contributed by atoms with Gasteiger partial charge in [-0.2, -0.15) is 0 Å². The molecule has 0 radical (unpaired) electrons. The Bertz CT molecular complexity index is 1070. The smallest absolute Gasteiger partial charge is 0.350 e. The predicted molar refractivity (Wildman–Crippen MR) is 105 cm³/mol. The number of pyridine rings is 1. The van der Waals surface area contributed by atoms with Gasteiger partial charge in [-0.3, -0.25) is 14.0 Å². The van der Waals surface area contributed by atoms with Gasteiger partial charge in [0.15, 0.2) is 5.65 Å². The zero-order chi connectivity index (χ0) is 20.8. The van der Waals surface area contributed by atoms with Crippen LogP contribution in [0.5, 0.6) is 5.75 Å². The standard InChI is InChI=1S/C20H22N4O5/c1-29-16-7-3-2-6-14(16)12-15(19(26)27)13-21-18(25)9-11-24-20(28)23-10-5-4-8-17(23)22-24/h2-8,10,15H,9,11-13H2,1H3,(H,21,25)(H,26,27). The highest BCUT2D eigenvalue weighted by Gasteiger charge is 2.21. The molecule has 2 N–H and O–H groups in total. The third-order valence-electron chi connectivity index (χ3n) is 4.59. The summed E-state index contributed by atoms with van der Waals surface area (Å²) in [7, 11) is 1.53. The summed E-state index contributed by atoms with van der Waals surface area (Å²) in [5.41, 5.74) is 0.932. The zero-order valence-corrected chi connectivity index (χ0v) is 15.9. The summed E-state index contributed by atoms with van der Waals surface area (Å²) in [6, 6.07) is 12.4. The molecule has 1 unspecified atom stereocenters. The summed E-state index contributed by atoms with van der Waals surface area (Å²) in [4.78, 5) is 36.0. The zero-order valence-electron chi connectivity index (χ0n) is 15.9. The maximum atomic E-state index is 12.2. The highest BCUT2D eigenvalue weighted by molar-refractivity contribution is 5.77. The molecular weight excluding hydrogens is 376 g/mol. The second-order valence-corrected chi connectivity index (χ2v) is 6.54. The highest BCUT2D eigenvalue weighted by Crippen LogP contribution is 2.21. The van der Waals surface area contributed by atoms with Crippen LogP contribution in [0.1, 0.15) is 12.0 Å². The quantitative estimate of drug-likeness (QED) is 0.555. The van der Waals surface area contributed by atoms with Gasteiger partial charge in [0.25, 0.3) is 0 Å². The minimum absolute atomic E-state index is 0.0186. The van der Waals surface area contributed by atoms with Crippen molar-refractivity contribution in [2.45, 2.75) is 19.4 Å². The molecule has 29 heavy (non-hydrogen) atoms. The largest absolute Gasteiger partial charge is 0.496 e. The van der Waals surface area contributed by atoms with Crippen LogP contribution in [-0.2, 0) is 22.6 Å². The summed E-state index contributed by atoms with van der Waals surface area (Å²) < 4.78 is 7.87. The van der Waals surface area contributed by atoms with Gasteiger partial charge in [0.05, 0.1) is 19.6 Å². The molecule has 0 bridgehead atoms. The van der Waals surface area contributed by atoms with Gasteiger partial charge >= 0.3 is 11.7 Å². The average molecular weight is 398 g/mol. The van der Waals surface area contributed by atoms with Crippen LogP contribution < -0.4 is 15.7 Å². The molecule has 1 atom stereocenters. The fourth-order valence-electron chi connectivity index (χ4n) is 3.03. The van der Waals surface area contributed by atoms with E-state index in [2.05, 4.69) is 10.4 Å². The molecular formula is C20H22N4O5. The molecule has 1 amide bonds. The number of fused-ring (bicyclic) bond motifs is 1. The van der Waals surface area contributed by atoms with Crippen molar-refractivity contribution in [2.24, 2.45) is 5.92 Å². The van der Waals surface area contributed by atoms with E-state index >= 15 is 0 Å². The first kappa shape index (κ1) is 20.1. The van der Waals surface area contributed by atoms with Crippen molar-refractivity contribution in [1.82, 2.24) is 19.5 Å². The van der Waals surface area contributed by atoms with E-state index in [4.69, 9.17) is 4.74 Å². The van der Waals surface area contributed by atoms with Gasteiger partial charge in [0.1, 0.15) is 5.75 Å². The van der Waals surface area contributed by atoms with Gasteiger partial charge in [-0.15, -0.1) is 5.10 Å². The van der Waals surface area contributed by atoms with Gasteiger partial charge in [0, 0.05) is 19.2 Å². The van der Waals surface area contributed by atoms with E-state index in [-0.39, 0.29) is 37.5 Å². The van der Waals surface area contributed by atoms with Crippen molar-refractivity contribution in [1.29, 1.82) is 0 Å². The lowest BCUT2D eigenvalue weighted by Gasteiger charge is -2.15. The number of carboxylic acids is 1. The third-order valence-corrected chi connectivity index (χ3v) is 4.59. The van der Waals surface area contributed by atoms with Crippen molar-refractivity contribution in [2.75, 3.05) is 13.7 Å². The maximum Gasteiger partial charge on any atom is 0.350 e. The number of aromatic nitrogens is 3. The van der Waals surface area contributed by atoms with Gasteiger partial charge < -0.3 is 15.2 Å². The average Bonchev–Trinajstić information content (AvgIpc) is 3.05. The van der Waals surface area contributed by atoms with E-state index in [9.17, 15) is 19.5 Å². The molecule has 2 aromatic heterocycles. The molecule has 3 aromatic rings. The molecule has 9 heteroatoms. The Morgan fingerprint density at radius 2 is 1.97 bits per heavy atom. The Kier molecular flexibility index (Phi) is 6.28. The number of aliphatic carboxylic acids is 1. The summed E-state index contributed by atoms with van der Waals surface area (Å²) >= 11 is 0. The Labute approximate surface area is 166 Å². The molecule has 0 aliphatic carbocycles. The van der Waals surface area contributed by atoms with Crippen LogP contribution in [0.4, 0.5) is 0 Å². The number of nitrogens with one attached hydrogen (secondary N) is 1. The normalized spacial score (nSPS) is 11.9. The van der Waals surface area contributed by atoms with Crippen molar-refractivity contribution < 1.29 is 19.4 Å². The van der Waals surface area contributed by atoms with Crippen molar-refractivity contribution in [3.05, 3.63) is 64.7 Å². The number of hydrogen-bond acceptors (Lipinski definition) is 5. The van der Waals surface area contributed by atoms with E-state index in [0.717, 1.165) is 5.56 Å². The second kappa shape index (κ2) is 9.05. The topological polar surface area (TPSA) is 115 Å². The van der Waals surface area contributed by atoms with Crippen LogP contribution in [0, 0.1) is 5.92 Å². The fourth-order valence-corrected chi connectivity index (χ4v) is 3.03. The first-order valence-electron chi connectivity index (χ1n) is 9.15. The predicted octanol–water partition coefficient (Wildman–Crippen LogP) is 0.954. The summed E-state index contributed by atoms with van der Waals surface area (Å²) in [5, 5.41) is 16.3. The van der Waals surface area contributed by atoms with Gasteiger partial charge in [-0.25, -0.2) is 9.48 Å². The Hall–Kier alpha value is -3.62. The minimum atomic E-state index is -1.01. The lowest BCUT2D eigenvalue weighted by Crippen LogP contribution is -2.35. The number of nitrogens with zero attached hydrogens (tertiary/aromatic N) is 3. The first-order chi connectivity index (χ1) is 14.0. The van der Waals surface area contributed by atoms with Crippen LogP contribution in [-0.4, -0.2) is 44.8 Å². The van der Waals surface area contributed by atoms with Crippen LogP contribution >= 0.6 is 0 Å². The third kappa shape index (κ3) is 4.81. The monoisotopic (exact) mass is 398 g/mol. The molecule has 1 aromatic carbocycles. The van der Waals surface area contributed by atoms with Crippen molar-refractivity contribution in [3.63, 3.8) is 0 Å².